The van der Waals surface area contributed by atoms with E-state index in [1.54, 1.807) is 0 Å². The van der Waals surface area contributed by atoms with Crippen molar-refractivity contribution in [3.63, 3.8) is 0 Å². The number of nitrogens with two attached hydrogens (primary N) is 2. The van der Waals surface area contributed by atoms with Crippen LogP contribution in [0.25, 0.3) is 0 Å². The first-order valence-corrected chi connectivity index (χ1v) is 12.4. The lowest BCUT2D eigenvalue weighted by molar-refractivity contribution is -0.137. The number of primary amides is 1. The minimum absolute atomic E-state index is 0.144. The number of hydrogen-bond donors (Lipinski definition) is 3. The van der Waals surface area contributed by atoms with Crippen LogP contribution in [0.2, 0.25) is 0 Å². The molecule has 1 fully saturated rings. The average Bonchev–Trinajstić information content (AvgIpc) is 3.52. The van der Waals surface area contributed by atoms with Crippen molar-refractivity contribution in [3.8, 4) is 0 Å². The van der Waals surface area contributed by atoms with E-state index in [4.69, 9.17) is 11.5 Å². The monoisotopic (exact) mass is 549 g/mol. The van der Waals surface area contributed by atoms with Gasteiger partial charge in [0.05, 0.1) is 11.3 Å². The number of benzene rings is 2. The molecule has 4 rings (SSSR count). The number of carbonyl (C=O) groups is 3. The molecule has 1 atom stereocenters. The topological polar surface area (TPSA) is 131 Å². The Morgan fingerprint density at radius 2 is 1.74 bits per heavy atom. The fraction of sp³-hybridized carbons (Fsp3) is 0.280. The van der Waals surface area contributed by atoms with E-state index < -0.39 is 41.3 Å². The average molecular weight is 550 g/mol. The van der Waals surface area contributed by atoms with Crippen molar-refractivity contribution in [3.05, 3.63) is 76.0 Å². The van der Waals surface area contributed by atoms with Crippen LogP contribution in [-0.4, -0.2) is 28.1 Å². The molecule has 13 heteroatoms. The van der Waals surface area contributed by atoms with Crippen molar-refractivity contribution >= 4 is 40.6 Å². The van der Waals surface area contributed by atoms with Crippen LogP contribution in [0, 0.1) is 5.82 Å². The van der Waals surface area contributed by atoms with Crippen molar-refractivity contribution in [1.29, 1.82) is 0 Å². The molecule has 0 saturated heterocycles. The van der Waals surface area contributed by atoms with Gasteiger partial charge in [-0.15, -0.1) is 0 Å². The maximum Gasteiger partial charge on any atom is 0.416 e. The van der Waals surface area contributed by atoms with Crippen LogP contribution in [0.1, 0.15) is 63.0 Å². The van der Waals surface area contributed by atoms with Crippen LogP contribution < -0.4 is 21.7 Å². The first kappa shape index (κ1) is 27.0. The summed E-state index contributed by atoms with van der Waals surface area (Å²) in [5.41, 5.74) is 9.30. The SMILES string of the molecule is NC(=O)c1nsc(C(=O)N(c2cccc(C(F)(F)F)c2)[C@H](C(=O)NC2CCCC2)c2ccc(F)cc2)c1N. The molecule has 3 aromatic rings. The standard InChI is InChI=1S/C25H23F4N5O3S/c26-15-10-8-13(9-11-15)20(23(36)32-16-5-1-2-6-16)34(17-7-3-4-14(12-17)25(27,28)29)24(37)21-18(30)19(22(31)35)33-38-21/h3-4,7-12,16,20H,1-2,5-6,30H2,(H2,31,35)(H,32,36)/t20-/m0/s1. The zero-order chi connectivity index (χ0) is 27.6. The Labute approximate surface area is 218 Å². The quantitative estimate of drug-likeness (QED) is 0.375. The summed E-state index contributed by atoms with van der Waals surface area (Å²) < 4.78 is 58.4. The number of aromatic nitrogens is 1. The maximum absolute atomic E-state index is 13.9. The van der Waals surface area contributed by atoms with Gasteiger partial charge in [-0.1, -0.05) is 31.0 Å². The molecule has 1 aliphatic rings. The molecule has 1 aromatic heterocycles. The number of hydrogen-bond acceptors (Lipinski definition) is 6. The van der Waals surface area contributed by atoms with Crippen LogP contribution >= 0.6 is 11.5 Å². The minimum Gasteiger partial charge on any atom is -0.395 e. The van der Waals surface area contributed by atoms with E-state index in [1.807, 2.05) is 0 Å². The number of alkyl halides is 3. The molecular weight excluding hydrogens is 526 g/mol. The highest BCUT2D eigenvalue weighted by molar-refractivity contribution is 7.09. The van der Waals surface area contributed by atoms with Crippen molar-refractivity contribution in [2.45, 2.75) is 43.9 Å². The molecule has 0 radical (unpaired) electrons. The summed E-state index contributed by atoms with van der Waals surface area (Å²) >= 11 is 0.524. The largest absolute Gasteiger partial charge is 0.416 e. The van der Waals surface area contributed by atoms with Gasteiger partial charge in [0.25, 0.3) is 11.8 Å². The summed E-state index contributed by atoms with van der Waals surface area (Å²) in [5, 5.41) is 2.87. The number of amides is 3. The van der Waals surface area contributed by atoms with E-state index in [0.717, 1.165) is 48.1 Å². The van der Waals surface area contributed by atoms with Gasteiger partial charge in [-0.05, 0) is 60.3 Å². The minimum atomic E-state index is -4.75. The second-order valence-electron chi connectivity index (χ2n) is 8.81. The number of carbonyl (C=O) groups excluding carboxylic acids is 3. The lowest BCUT2D eigenvalue weighted by Crippen LogP contribution is -2.46. The van der Waals surface area contributed by atoms with Crippen LogP contribution in [0.5, 0.6) is 0 Å². The van der Waals surface area contributed by atoms with Gasteiger partial charge in [-0.3, -0.25) is 19.3 Å². The Hall–Kier alpha value is -4.00. The zero-order valence-corrected chi connectivity index (χ0v) is 20.6. The summed E-state index contributed by atoms with van der Waals surface area (Å²) in [5.74, 6) is -3.27. The Morgan fingerprint density at radius 3 is 2.32 bits per heavy atom. The second kappa shape index (κ2) is 10.8. The first-order chi connectivity index (χ1) is 18.0. The van der Waals surface area contributed by atoms with Gasteiger partial charge in [0, 0.05) is 11.7 Å². The summed E-state index contributed by atoms with van der Waals surface area (Å²) in [7, 11) is 0. The predicted octanol–water partition coefficient (Wildman–Crippen LogP) is 4.43. The van der Waals surface area contributed by atoms with Gasteiger partial charge in [0.2, 0.25) is 5.91 Å². The molecule has 0 aliphatic heterocycles. The number of nitrogens with zero attached hydrogens (tertiary/aromatic N) is 2. The summed E-state index contributed by atoms with van der Waals surface area (Å²) in [6, 6.07) is 6.87. The molecule has 8 nitrogen and oxygen atoms in total. The van der Waals surface area contributed by atoms with Gasteiger partial charge >= 0.3 is 6.18 Å². The van der Waals surface area contributed by atoms with E-state index in [0.29, 0.717) is 24.4 Å². The summed E-state index contributed by atoms with van der Waals surface area (Å²) in [6.45, 7) is 0. The number of anilines is 2. The lowest BCUT2D eigenvalue weighted by atomic mass is 10.0. The summed E-state index contributed by atoms with van der Waals surface area (Å²) in [4.78, 5) is 39.8. The molecule has 38 heavy (non-hydrogen) atoms. The Bertz CT molecular complexity index is 1350. The number of halogens is 4. The van der Waals surface area contributed by atoms with E-state index in [1.165, 1.54) is 18.2 Å². The van der Waals surface area contributed by atoms with E-state index in [-0.39, 0.29) is 33.6 Å². The predicted molar refractivity (Wildman–Crippen MR) is 133 cm³/mol. The Kier molecular flexibility index (Phi) is 7.67. The Morgan fingerprint density at radius 1 is 1.08 bits per heavy atom. The van der Waals surface area contributed by atoms with Gasteiger partial charge < -0.3 is 16.8 Å². The number of nitrogens with one attached hydrogen (secondary N) is 1. The van der Waals surface area contributed by atoms with Crippen LogP contribution in [0.3, 0.4) is 0 Å². The van der Waals surface area contributed by atoms with Crippen molar-refractivity contribution in [2.75, 3.05) is 10.6 Å². The van der Waals surface area contributed by atoms with Crippen molar-refractivity contribution in [1.82, 2.24) is 9.69 Å². The third-order valence-corrected chi connectivity index (χ3v) is 7.07. The highest BCUT2D eigenvalue weighted by Gasteiger charge is 2.38. The molecule has 0 spiro atoms. The van der Waals surface area contributed by atoms with Crippen molar-refractivity contribution < 1.29 is 31.9 Å². The molecule has 0 unspecified atom stereocenters. The highest BCUT2D eigenvalue weighted by atomic mass is 32.1. The van der Waals surface area contributed by atoms with Crippen LogP contribution in [0.4, 0.5) is 28.9 Å². The van der Waals surface area contributed by atoms with E-state index >= 15 is 0 Å². The molecule has 0 bridgehead atoms. The molecule has 2 aromatic carbocycles. The maximum atomic E-state index is 13.9. The van der Waals surface area contributed by atoms with Gasteiger partial charge in [-0.2, -0.15) is 17.5 Å². The lowest BCUT2D eigenvalue weighted by Gasteiger charge is -2.32. The third-order valence-electron chi connectivity index (χ3n) is 6.22. The molecule has 1 saturated carbocycles. The van der Waals surface area contributed by atoms with Crippen LogP contribution in [-0.2, 0) is 11.0 Å². The normalized spacial score (nSPS) is 14.7. The summed E-state index contributed by atoms with van der Waals surface area (Å²) in [6.07, 6.45) is -1.58. The van der Waals surface area contributed by atoms with E-state index in [2.05, 4.69) is 9.69 Å². The molecule has 3 amide bonds. The van der Waals surface area contributed by atoms with Gasteiger partial charge in [0.15, 0.2) is 5.69 Å². The van der Waals surface area contributed by atoms with Gasteiger partial charge in [0.1, 0.15) is 16.7 Å². The fourth-order valence-corrected chi connectivity index (χ4v) is 5.11. The number of rotatable bonds is 7. The first-order valence-electron chi connectivity index (χ1n) is 11.6. The van der Waals surface area contributed by atoms with Gasteiger partial charge in [-0.25, -0.2) is 4.39 Å². The molecule has 1 aliphatic carbocycles. The second-order valence-corrected chi connectivity index (χ2v) is 9.58. The molecule has 5 N–H and O–H groups in total. The zero-order valence-electron chi connectivity index (χ0n) is 19.8. The molecule has 1 heterocycles. The fourth-order valence-electron chi connectivity index (χ4n) is 4.37. The Balaban J connectivity index is 1.90. The third kappa shape index (κ3) is 5.62. The number of nitrogen functional groups attached to an aromatic ring is 1. The molecule has 200 valence electrons. The molecular formula is C25H23F4N5O3S. The highest BCUT2D eigenvalue weighted by Crippen LogP contribution is 2.37. The van der Waals surface area contributed by atoms with Crippen LogP contribution in [0.15, 0.2) is 48.5 Å². The van der Waals surface area contributed by atoms with Crippen molar-refractivity contribution in [2.24, 2.45) is 5.73 Å². The smallest absolute Gasteiger partial charge is 0.395 e. The van der Waals surface area contributed by atoms with E-state index in [9.17, 15) is 31.9 Å².